The van der Waals surface area contributed by atoms with Crippen LogP contribution in [0, 0.1) is 30.6 Å². The first-order valence-corrected chi connectivity index (χ1v) is 18.3. The minimum Gasteiger partial charge on any atom is -0.508 e. The number of carbonyl (C=O) groups is 4. The number of benzene rings is 4. The summed E-state index contributed by atoms with van der Waals surface area (Å²) in [5.74, 6) is -4.52. The first kappa shape index (κ1) is 34.4. The Hall–Kier alpha value is -5.70. The average molecular weight is 710 g/mol. The lowest BCUT2D eigenvalue weighted by Gasteiger charge is -2.50. The molecule has 8 rings (SSSR count). The topological polar surface area (TPSA) is 116 Å². The summed E-state index contributed by atoms with van der Waals surface area (Å²) in [6.45, 7) is 7.81. The fourth-order valence-electron chi connectivity index (χ4n) is 9.35. The van der Waals surface area contributed by atoms with Gasteiger partial charge in [0.25, 0.3) is 11.8 Å². The van der Waals surface area contributed by atoms with Crippen molar-refractivity contribution in [1.29, 1.82) is 0 Å². The van der Waals surface area contributed by atoms with Crippen LogP contribution in [0.2, 0.25) is 0 Å². The average Bonchev–Trinajstić information content (AvgIpc) is 3.53. The van der Waals surface area contributed by atoms with E-state index in [0.717, 1.165) is 21.7 Å². The number of aromatic hydroxyl groups is 1. The molecule has 3 fully saturated rings. The molecule has 4 aromatic carbocycles. The zero-order chi connectivity index (χ0) is 37.2. The highest BCUT2D eigenvalue weighted by Gasteiger charge is 2.71. The molecule has 4 amide bonds. The molecule has 2 N–H and O–H groups in total. The van der Waals surface area contributed by atoms with E-state index in [0.29, 0.717) is 35.6 Å². The summed E-state index contributed by atoms with van der Waals surface area (Å²) in [6, 6.07) is 31.6. The van der Waals surface area contributed by atoms with E-state index in [9.17, 15) is 19.5 Å². The summed E-state index contributed by atoms with van der Waals surface area (Å²) >= 11 is 0. The van der Waals surface area contributed by atoms with E-state index in [2.05, 4.69) is 5.43 Å². The highest BCUT2D eigenvalue weighted by molar-refractivity contribution is 6.13. The van der Waals surface area contributed by atoms with Crippen LogP contribution in [-0.4, -0.2) is 44.2 Å². The molecule has 0 aromatic heterocycles. The molecule has 6 atom stereocenters. The Labute approximate surface area is 309 Å². The molecule has 0 unspecified atom stereocenters. The molecule has 0 radical (unpaired) electrons. The Morgan fingerprint density at radius 2 is 1.51 bits per heavy atom. The number of phenols is 1. The summed E-state index contributed by atoms with van der Waals surface area (Å²) in [7, 11) is 0. The maximum atomic E-state index is 15.3. The first-order valence-electron chi connectivity index (χ1n) is 18.3. The van der Waals surface area contributed by atoms with Crippen LogP contribution in [0.25, 0.3) is 0 Å². The molecule has 4 aromatic rings. The maximum absolute atomic E-state index is 15.3. The van der Waals surface area contributed by atoms with E-state index in [1.165, 1.54) is 4.90 Å². The van der Waals surface area contributed by atoms with Gasteiger partial charge in [-0.1, -0.05) is 96.1 Å². The SMILES string of the molecule is Cc1ccc(NN2C(=O)[C@@H]3C[C@@H]4C(=CC[C@@H]5C(=O)N(C(C)(C)C)C(=O)[C@@H]54)[C@H](c4ccc(OCc5ccccc5)cc4O)[C@]3(c3ccccc3)C2=O)cc1. The summed E-state index contributed by atoms with van der Waals surface area (Å²) in [6.07, 6.45) is 2.50. The second-order valence-corrected chi connectivity index (χ2v) is 15.8. The second kappa shape index (κ2) is 12.8. The van der Waals surface area contributed by atoms with Crippen molar-refractivity contribution >= 4 is 29.3 Å². The van der Waals surface area contributed by atoms with Crippen LogP contribution in [0.3, 0.4) is 0 Å². The van der Waals surface area contributed by atoms with E-state index >= 15 is 4.79 Å². The second-order valence-electron chi connectivity index (χ2n) is 15.8. The highest BCUT2D eigenvalue weighted by Crippen LogP contribution is 2.65. The summed E-state index contributed by atoms with van der Waals surface area (Å²) in [5, 5.41) is 13.1. The number of anilines is 1. The first-order chi connectivity index (χ1) is 25.4. The molecule has 9 nitrogen and oxygen atoms in total. The van der Waals surface area contributed by atoms with Gasteiger partial charge in [-0.3, -0.25) is 29.5 Å². The van der Waals surface area contributed by atoms with Crippen LogP contribution in [0.15, 0.2) is 115 Å². The van der Waals surface area contributed by atoms with Crippen molar-refractivity contribution in [3.63, 3.8) is 0 Å². The van der Waals surface area contributed by atoms with Gasteiger partial charge in [0.2, 0.25) is 11.8 Å². The number of amides is 4. The van der Waals surface area contributed by atoms with Gasteiger partial charge in [-0.25, -0.2) is 0 Å². The Kier molecular flexibility index (Phi) is 8.28. The molecule has 0 spiro atoms. The van der Waals surface area contributed by atoms with Gasteiger partial charge in [-0.15, -0.1) is 0 Å². The number of aryl methyl sites for hydroxylation is 1. The number of likely N-dealkylation sites (tertiary alicyclic amines) is 1. The van der Waals surface area contributed by atoms with Crippen molar-refractivity contribution in [3.05, 3.63) is 137 Å². The number of hydrogen-bond acceptors (Lipinski definition) is 7. The van der Waals surface area contributed by atoms with Crippen molar-refractivity contribution in [3.8, 4) is 11.5 Å². The van der Waals surface area contributed by atoms with Crippen molar-refractivity contribution in [2.75, 3.05) is 5.43 Å². The standard InChI is InChI=1S/C44H43N3O6/c1-26-15-17-29(18-16-26)45-47-40(50)35-24-34-31(21-22-33-37(34)41(51)46(39(33)49)43(2,3)4)38(44(35,42(47)52)28-13-9-6-10-14-28)32-20-19-30(23-36(32)48)53-25-27-11-7-5-8-12-27/h5-21,23,33-35,37-38,45,48H,22,24-25H2,1-4H3/t33-,34+,35-,37-,38+,44+/m0/s1. The number of nitrogens with zero attached hydrogens (tertiary/aromatic N) is 2. The van der Waals surface area contributed by atoms with Gasteiger partial charge in [0.1, 0.15) is 18.1 Å². The van der Waals surface area contributed by atoms with Crippen molar-refractivity contribution in [2.24, 2.45) is 23.7 Å². The zero-order valence-corrected chi connectivity index (χ0v) is 30.3. The van der Waals surface area contributed by atoms with E-state index in [-0.39, 0.29) is 24.0 Å². The molecule has 270 valence electrons. The largest absolute Gasteiger partial charge is 0.508 e. The molecule has 9 heteroatoms. The highest BCUT2D eigenvalue weighted by atomic mass is 16.5. The van der Waals surface area contributed by atoms with Crippen LogP contribution in [0.4, 0.5) is 5.69 Å². The molecule has 53 heavy (non-hydrogen) atoms. The summed E-state index contributed by atoms with van der Waals surface area (Å²) in [4.78, 5) is 59.8. The predicted molar refractivity (Wildman–Crippen MR) is 199 cm³/mol. The van der Waals surface area contributed by atoms with Gasteiger partial charge in [-0.05, 0) is 75.8 Å². The fourth-order valence-corrected chi connectivity index (χ4v) is 9.35. The number of rotatable bonds is 7. The normalized spacial score (nSPS) is 26.6. The lowest BCUT2D eigenvalue weighted by molar-refractivity contribution is -0.146. The number of imide groups is 2. The lowest BCUT2D eigenvalue weighted by atomic mass is 9.49. The van der Waals surface area contributed by atoms with Crippen molar-refractivity contribution in [1.82, 2.24) is 9.91 Å². The Balaban J connectivity index is 1.29. The molecule has 2 aliphatic carbocycles. The monoisotopic (exact) mass is 709 g/mol. The predicted octanol–water partition coefficient (Wildman–Crippen LogP) is 7.06. The summed E-state index contributed by atoms with van der Waals surface area (Å²) < 4.78 is 6.07. The Bertz CT molecular complexity index is 2140. The minimum atomic E-state index is -1.48. The number of phenolic OH excluding ortho intramolecular Hbond substituents is 1. The van der Waals surface area contributed by atoms with Crippen LogP contribution < -0.4 is 10.2 Å². The molecule has 2 saturated heterocycles. The van der Waals surface area contributed by atoms with E-state index in [1.807, 2.05) is 119 Å². The number of nitrogens with one attached hydrogen (secondary N) is 1. The molecule has 0 bridgehead atoms. The van der Waals surface area contributed by atoms with Crippen LogP contribution in [-0.2, 0) is 31.2 Å². The third-order valence-corrected chi connectivity index (χ3v) is 11.6. The van der Waals surface area contributed by atoms with Gasteiger partial charge in [-0.2, -0.15) is 5.01 Å². The Morgan fingerprint density at radius 3 is 2.17 bits per heavy atom. The molecular weight excluding hydrogens is 666 g/mol. The molecule has 2 aliphatic heterocycles. The molecular formula is C44H43N3O6. The number of allylic oxidation sites excluding steroid dienone is 2. The smallest absolute Gasteiger partial charge is 0.260 e. The Morgan fingerprint density at radius 1 is 0.830 bits per heavy atom. The van der Waals surface area contributed by atoms with Gasteiger partial charge in [0, 0.05) is 23.1 Å². The minimum absolute atomic E-state index is 0.0892. The van der Waals surface area contributed by atoms with Crippen LogP contribution >= 0.6 is 0 Å². The van der Waals surface area contributed by atoms with E-state index in [1.54, 1.807) is 18.2 Å². The zero-order valence-electron chi connectivity index (χ0n) is 30.3. The van der Waals surface area contributed by atoms with Gasteiger partial charge >= 0.3 is 0 Å². The van der Waals surface area contributed by atoms with Crippen molar-refractivity contribution < 1.29 is 29.0 Å². The lowest BCUT2D eigenvalue weighted by Crippen LogP contribution is -2.53. The van der Waals surface area contributed by atoms with E-state index in [4.69, 9.17) is 4.74 Å². The molecule has 1 saturated carbocycles. The number of hydrogen-bond donors (Lipinski definition) is 2. The fraction of sp³-hybridized carbons (Fsp3) is 0.318. The van der Waals surface area contributed by atoms with Crippen molar-refractivity contribution in [2.45, 2.75) is 64.0 Å². The third-order valence-electron chi connectivity index (χ3n) is 11.6. The van der Waals surface area contributed by atoms with Gasteiger partial charge in [0.05, 0.1) is 28.9 Å². The van der Waals surface area contributed by atoms with Crippen LogP contribution in [0.5, 0.6) is 11.5 Å². The number of carbonyl (C=O) groups excluding carboxylic acids is 4. The third kappa shape index (κ3) is 5.43. The quantitative estimate of drug-likeness (QED) is 0.156. The van der Waals surface area contributed by atoms with Crippen LogP contribution in [0.1, 0.15) is 61.8 Å². The maximum Gasteiger partial charge on any atom is 0.260 e. The van der Waals surface area contributed by atoms with Gasteiger partial charge < -0.3 is 9.84 Å². The number of fused-ring (bicyclic) bond motifs is 4. The molecule has 2 heterocycles. The number of ether oxygens (including phenoxy) is 1. The van der Waals surface area contributed by atoms with Gasteiger partial charge in [0.15, 0.2) is 0 Å². The molecule has 4 aliphatic rings. The number of hydrazine groups is 1. The summed E-state index contributed by atoms with van der Waals surface area (Å²) in [5.41, 5.74) is 5.36. The van der Waals surface area contributed by atoms with E-state index < -0.39 is 52.4 Å².